The molecule has 0 aliphatic rings. The van der Waals surface area contributed by atoms with Gasteiger partial charge in [-0.25, -0.2) is 0 Å². The molecule has 0 bridgehead atoms. The molecule has 0 aliphatic carbocycles. The minimum Gasteiger partial charge on any atom is -0.480 e. The molecule has 2 atom stereocenters. The van der Waals surface area contributed by atoms with Crippen molar-refractivity contribution in [2.24, 2.45) is 5.73 Å². The number of para-hydroxylation sites is 1. The number of aliphatic carboxylic acids is 1. The van der Waals surface area contributed by atoms with Crippen LogP contribution in [0.15, 0.2) is 30.5 Å². The highest BCUT2D eigenvalue weighted by Crippen LogP contribution is 2.18. The fourth-order valence-electron chi connectivity index (χ4n) is 2.70. The number of H-pyrrole nitrogens is 1. The fourth-order valence-corrected chi connectivity index (χ4v) is 3.17. The number of rotatable bonds is 10. The lowest BCUT2D eigenvalue weighted by Gasteiger charge is -2.20. The minimum absolute atomic E-state index is 0.321. The van der Waals surface area contributed by atoms with E-state index in [1.165, 1.54) is 11.8 Å². The van der Waals surface area contributed by atoms with Crippen LogP contribution in [0.1, 0.15) is 12.0 Å². The van der Waals surface area contributed by atoms with E-state index in [2.05, 4.69) is 15.6 Å². The van der Waals surface area contributed by atoms with Crippen molar-refractivity contribution < 1.29 is 19.5 Å². The zero-order valence-corrected chi connectivity index (χ0v) is 15.8. The third-order valence-electron chi connectivity index (χ3n) is 4.11. The van der Waals surface area contributed by atoms with Crippen LogP contribution >= 0.6 is 11.8 Å². The summed E-state index contributed by atoms with van der Waals surface area (Å²) < 4.78 is 0. The first-order valence-electron chi connectivity index (χ1n) is 8.51. The molecule has 0 fully saturated rings. The summed E-state index contributed by atoms with van der Waals surface area (Å²) in [7, 11) is 0. The monoisotopic (exact) mass is 392 g/mol. The Labute approximate surface area is 161 Å². The summed E-state index contributed by atoms with van der Waals surface area (Å²) in [5, 5.41) is 14.6. The molecule has 6 N–H and O–H groups in total. The highest BCUT2D eigenvalue weighted by molar-refractivity contribution is 7.98. The molecule has 2 unspecified atom stereocenters. The van der Waals surface area contributed by atoms with Crippen molar-refractivity contribution in [3.63, 3.8) is 0 Å². The third kappa shape index (κ3) is 6.00. The Morgan fingerprint density at radius 2 is 2.00 bits per heavy atom. The predicted octanol–water partition coefficient (Wildman–Crippen LogP) is 0.476. The largest absolute Gasteiger partial charge is 0.480 e. The first-order valence-corrected chi connectivity index (χ1v) is 9.91. The molecule has 2 rings (SSSR count). The number of thioether (sulfide) groups is 1. The summed E-state index contributed by atoms with van der Waals surface area (Å²) in [6, 6.07) is 6.08. The van der Waals surface area contributed by atoms with Gasteiger partial charge in [0, 0.05) is 17.1 Å². The molecule has 1 aromatic heterocycles. The van der Waals surface area contributed by atoms with E-state index >= 15 is 0 Å². The smallest absolute Gasteiger partial charge is 0.322 e. The van der Waals surface area contributed by atoms with Crippen LogP contribution < -0.4 is 16.4 Å². The number of aromatic nitrogens is 1. The van der Waals surface area contributed by atoms with Gasteiger partial charge in [-0.1, -0.05) is 18.2 Å². The van der Waals surface area contributed by atoms with Gasteiger partial charge >= 0.3 is 5.97 Å². The number of carbonyl (C=O) groups is 3. The molecule has 8 nitrogen and oxygen atoms in total. The van der Waals surface area contributed by atoms with Gasteiger partial charge in [-0.15, -0.1) is 0 Å². The summed E-state index contributed by atoms with van der Waals surface area (Å²) in [4.78, 5) is 38.4. The first-order chi connectivity index (χ1) is 12.9. The second-order valence-electron chi connectivity index (χ2n) is 6.12. The number of carboxylic acid groups (broad SMARTS) is 1. The minimum atomic E-state index is -1.14. The van der Waals surface area contributed by atoms with Crippen LogP contribution in [0, 0.1) is 0 Å². The van der Waals surface area contributed by atoms with E-state index in [0.29, 0.717) is 18.6 Å². The average Bonchev–Trinajstić information content (AvgIpc) is 3.05. The summed E-state index contributed by atoms with van der Waals surface area (Å²) in [6.07, 6.45) is 4.42. The van der Waals surface area contributed by atoms with Gasteiger partial charge in [-0.2, -0.15) is 11.8 Å². The van der Waals surface area contributed by atoms with E-state index < -0.39 is 36.4 Å². The zero-order valence-electron chi connectivity index (χ0n) is 15.0. The summed E-state index contributed by atoms with van der Waals surface area (Å²) in [5.74, 6) is -1.48. The van der Waals surface area contributed by atoms with E-state index in [9.17, 15) is 14.4 Å². The summed E-state index contributed by atoms with van der Waals surface area (Å²) in [5.41, 5.74) is 7.93. The number of carbonyl (C=O) groups excluding carboxylic acids is 2. The standard InChI is InChI=1S/C18H24N4O4S/c1-27-7-6-15(18(26)21-10-16(23)24)22-17(25)13(19)8-11-9-20-14-5-3-2-4-12(11)14/h2-5,9,13,15,20H,6-8,10,19H2,1H3,(H,21,26)(H,22,25)(H,23,24). The van der Waals surface area contributed by atoms with Gasteiger partial charge < -0.3 is 26.5 Å². The molecule has 9 heteroatoms. The lowest BCUT2D eigenvalue weighted by molar-refractivity contribution is -0.138. The van der Waals surface area contributed by atoms with Gasteiger partial charge in [0.25, 0.3) is 0 Å². The Morgan fingerprint density at radius 3 is 2.70 bits per heavy atom. The number of hydrogen-bond donors (Lipinski definition) is 5. The number of nitrogens with two attached hydrogens (primary N) is 1. The van der Waals surface area contributed by atoms with Crippen LogP contribution in [0.2, 0.25) is 0 Å². The number of fused-ring (bicyclic) bond motifs is 1. The molecule has 0 spiro atoms. The number of benzene rings is 1. The molecule has 0 saturated heterocycles. The van der Waals surface area contributed by atoms with Crippen LogP contribution in [-0.2, 0) is 20.8 Å². The van der Waals surface area contributed by atoms with Crippen molar-refractivity contribution in [1.29, 1.82) is 0 Å². The van der Waals surface area contributed by atoms with Crippen LogP contribution in [0.4, 0.5) is 0 Å². The van der Waals surface area contributed by atoms with Gasteiger partial charge in [-0.3, -0.25) is 14.4 Å². The van der Waals surface area contributed by atoms with Crippen molar-refractivity contribution in [3.8, 4) is 0 Å². The highest BCUT2D eigenvalue weighted by atomic mass is 32.2. The Balaban J connectivity index is 1.99. The molecule has 0 aliphatic heterocycles. The normalized spacial score (nSPS) is 13.1. The molecule has 0 radical (unpaired) electrons. The predicted molar refractivity (Wildman–Crippen MR) is 106 cm³/mol. The van der Waals surface area contributed by atoms with E-state index in [1.807, 2.05) is 36.7 Å². The molecule has 27 heavy (non-hydrogen) atoms. The molecule has 1 heterocycles. The Morgan fingerprint density at radius 1 is 1.26 bits per heavy atom. The third-order valence-corrected chi connectivity index (χ3v) is 4.75. The van der Waals surface area contributed by atoms with Gasteiger partial charge in [0.1, 0.15) is 12.6 Å². The number of nitrogens with one attached hydrogen (secondary N) is 3. The Hall–Kier alpha value is -2.52. The number of amides is 2. The summed E-state index contributed by atoms with van der Waals surface area (Å²) >= 11 is 1.53. The lowest BCUT2D eigenvalue weighted by atomic mass is 10.0. The van der Waals surface area contributed by atoms with Crippen molar-refractivity contribution >= 4 is 40.4 Å². The maximum absolute atomic E-state index is 12.5. The maximum Gasteiger partial charge on any atom is 0.322 e. The zero-order chi connectivity index (χ0) is 19.8. The van der Waals surface area contributed by atoms with E-state index in [4.69, 9.17) is 10.8 Å². The fraction of sp³-hybridized carbons (Fsp3) is 0.389. The van der Waals surface area contributed by atoms with Gasteiger partial charge in [0.2, 0.25) is 11.8 Å². The van der Waals surface area contributed by atoms with Crippen LogP contribution in [-0.4, -0.2) is 58.5 Å². The molecule has 146 valence electrons. The second kappa shape index (κ2) is 9.98. The van der Waals surface area contributed by atoms with E-state index in [0.717, 1.165) is 16.5 Å². The van der Waals surface area contributed by atoms with Crippen LogP contribution in [0.5, 0.6) is 0 Å². The van der Waals surface area contributed by atoms with E-state index in [1.54, 1.807) is 0 Å². The molecular formula is C18H24N4O4S. The first kappa shape index (κ1) is 20.8. The van der Waals surface area contributed by atoms with Crippen molar-refractivity contribution in [3.05, 3.63) is 36.0 Å². The second-order valence-corrected chi connectivity index (χ2v) is 7.11. The van der Waals surface area contributed by atoms with Gasteiger partial charge in [0.15, 0.2) is 0 Å². The van der Waals surface area contributed by atoms with Crippen LogP contribution in [0.25, 0.3) is 10.9 Å². The lowest BCUT2D eigenvalue weighted by Crippen LogP contribution is -2.52. The number of carboxylic acids is 1. The Bertz CT molecular complexity index is 808. The average molecular weight is 392 g/mol. The molecule has 2 amide bonds. The van der Waals surface area contributed by atoms with Gasteiger partial charge in [0.05, 0.1) is 6.04 Å². The van der Waals surface area contributed by atoms with Crippen molar-refractivity contribution in [2.45, 2.75) is 24.9 Å². The Kier molecular flexibility index (Phi) is 7.68. The van der Waals surface area contributed by atoms with Gasteiger partial charge in [-0.05, 0) is 36.5 Å². The van der Waals surface area contributed by atoms with E-state index in [-0.39, 0.29) is 0 Å². The molecule has 2 aromatic rings. The molecule has 1 aromatic carbocycles. The quantitative estimate of drug-likeness (QED) is 0.399. The van der Waals surface area contributed by atoms with Crippen molar-refractivity contribution in [1.82, 2.24) is 15.6 Å². The summed E-state index contributed by atoms with van der Waals surface area (Å²) in [6.45, 7) is -0.494. The number of aromatic amines is 1. The molecular weight excluding hydrogens is 368 g/mol. The van der Waals surface area contributed by atoms with Crippen LogP contribution in [0.3, 0.4) is 0 Å². The maximum atomic E-state index is 12.5. The SMILES string of the molecule is CSCCC(NC(=O)C(N)Cc1c[nH]c2ccccc12)C(=O)NCC(=O)O. The molecule has 0 saturated carbocycles. The highest BCUT2D eigenvalue weighted by Gasteiger charge is 2.24. The topological polar surface area (TPSA) is 137 Å². The van der Waals surface area contributed by atoms with Crippen molar-refractivity contribution in [2.75, 3.05) is 18.6 Å². The number of hydrogen-bond acceptors (Lipinski definition) is 5.